The second-order valence-corrected chi connectivity index (χ2v) is 5.64. The Morgan fingerprint density at radius 1 is 1.05 bits per heavy atom. The Labute approximate surface area is 127 Å². The summed E-state index contributed by atoms with van der Waals surface area (Å²) in [6.07, 6.45) is 3.60. The highest BCUT2D eigenvalue weighted by Gasteiger charge is 2.17. The molecule has 0 spiro atoms. The Hall–Kier alpha value is -1.46. The summed E-state index contributed by atoms with van der Waals surface area (Å²) >= 11 is 11.9. The van der Waals surface area contributed by atoms with E-state index in [1.165, 1.54) is 19.3 Å². The van der Waals surface area contributed by atoms with Gasteiger partial charge in [0.05, 0.1) is 15.7 Å². The Balaban J connectivity index is 1.93. The van der Waals surface area contributed by atoms with Crippen molar-refractivity contribution < 1.29 is 0 Å². The van der Waals surface area contributed by atoms with Gasteiger partial charge in [0.25, 0.3) is 0 Å². The first kappa shape index (κ1) is 13.5. The van der Waals surface area contributed by atoms with E-state index >= 15 is 0 Å². The van der Waals surface area contributed by atoms with E-state index in [9.17, 15) is 0 Å². The predicted molar refractivity (Wildman–Crippen MR) is 81.9 cm³/mol. The third-order valence-electron chi connectivity index (χ3n) is 3.41. The number of benzene rings is 1. The highest BCUT2D eigenvalue weighted by molar-refractivity contribution is 6.42. The molecule has 1 aliphatic heterocycles. The first-order valence-corrected chi connectivity index (χ1v) is 7.33. The number of aromatic nitrogens is 3. The second kappa shape index (κ2) is 5.50. The van der Waals surface area contributed by atoms with Crippen molar-refractivity contribution in [3.63, 3.8) is 0 Å². The fourth-order valence-electron chi connectivity index (χ4n) is 2.35. The van der Waals surface area contributed by atoms with Crippen LogP contribution >= 0.6 is 23.2 Å². The zero-order chi connectivity index (χ0) is 14.1. The van der Waals surface area contributed by atoms with Crippen molar-refractivity contribution in [3.8, 4) is 5.69 Å². The third-order valence-corrected chi connectivity index (χ3v) is 4.15. The molecule has 0 atom stereocenters. The van der Waals surface area contributed by atoms with E-state index in [2.05, 4.69) is 15.0 Å². The summed E-state index contributed by atoms with van der Waals surface area (Å²) in [5.41, 5.74) is 6.71. The highest BCUT2D eigenvalue weighted by atomic mass is 35.5. The van der Waals surface area contributed by atoms with Gasteiger partial charge in [0, 0.05) is 13.1 Å². The molecule has 5 nitrogen and oxygen atoms in total. The monoisotopic (exact) mass is 311 g/mol. The van der Waals surface area contributed by atoms with Gasteiger partial charge in [0.15, 0.2) is 0 Å². The average molecular weight is 312 g/mol. The molecule has 0 aliphatic carbocycles. The molecule has 1 aromatic carbocycles. The van der Waals surface area contributed by atoms with E-state index in [1.54, 1.807) is 16.8 Å². The molecule has 106 valence electrons. The lowest BCUT2D eigenvalue weighted by Crippen LogP contribution is -2.30. The number of piperidine rings is 1. The summed E-state index contributed by atoms with van der Waals surface area (Å²) in [5.74, 6) is 1.03. The molecular weight excluding hydrogens is 297 g/mol. The maximum absolute atomic E-state index is 6.03. The number of rotatable bonds is 2. The van der Waals surface area contributed by atoms with Gasteiger partial charge in [-0.25, -0.2) is 0 Å². The molecule has 1 saturated heterocycles. The van der Waals surface area contributed by atoms with Gasteiger partial charge >= 0.3 is 0 Å². The van der Waals surface area contributed by atoms with Gasteiger partial charge in [-0.3, -0.25) is 0 Å². The summed E-state index contributed by atoms with van der Waals surface area (Å²) in [5, 5.41) is 5.46. The van der Waals surface area contributed by atoms with Gasteiger partial charge in [-0.15, -0.1) is 5.10 Å². The molecule has 0 bridgehead atoms. The number of nitrogen functional groups attached to an aromatic ring is 1. The number of hydrogen-bond donors (Lipinski definition) is 1. The molecule has 1 aromatic heterocycles. The topological polar surface area (TPSA) is 60.0 Å². The molecule has 2 heterocycles. The number of halogens is 2. The SMILES string of the molecule is Nc1nc(N2CCCCC2)nn1-c1ccc(Cl)c(Cl)c1. The molecule has 7 heteroatoms. The van der Waals surface area contributed by atoms with Crippen LogP contribution in [0.2, 0.25) is 10.0 Å². The van der Waals surface area contributed by atoms with Crippen LogP contribution in [-0.4, -0.2) is 27.9 Å². The van der Waals surface area contributed by atoms with Crippen molar-refractivity contribution in [2.45, 2.75) is 19.3 Å². The lowest BCUT2D eigenvalue weighted by Gasteiger charge is -2.24. The Morgan fingerprint density at radius 3 is 2.50 bits per heavy atom. The summed E-state index contributed by atoms with van der Waals surface area (Å²) in [6, 6.07) is 5.27. The first-order valence-electron chi connectivity index (χ1n) is 6.58. The Morgan fingerprint density at radius 2 is 1.80 bits per heavy atom. The number of nitrogens with zero attached hydrogens (tertiary/aromatic N) is 4. The number of nitrogens with two attached hydrogens (primary N) is 1. The van der Waals surface area contributed by atoms with Crippen LogP contribution in [0.1, 0.15) is 19.3 Å². The molecule has 3 rings (SSSR count). The number of anilines is 2. The van der Waals surface area contributed by atoms with Crippen LogP contribution in [-0.2, 0) is 0 Å². The second-order valence-electron chi connectivity index (χ2n) is 4.83. The first-order chi connectivity index (χ1) is 9.65. The van der Waals surface area contributed by atoms with Crippen LogP contribution in [0.4, 0.5) is 11.9 Å². The van der Waals surface area contributed by atoms with Gasteiger partial charge in [-0.05, 0) is 37.5 Å². The smallest absolute Gasteiger partial charge is 0.246 e. The Bertz CT molecular complexity index is 619. The minimum Gasteiger partial charge on any atom is -0.368 e. The highest BCUT2D eigenvalue weighted by Crippen LogP contribution is 2.26. The van der Waals surface area contributed by atoms with Gasteiger partial charge < -0.3 is 10.6 Å². The molecule has 1 aliphatic rings. The van der Waals surface area contributed by atoms with Crippen molar-refractivity contribution >= 4 is 35.1 Å². The van der Waals surface area contributed by atoms with E-state index < -0.39 is 0 Å². The van der Waals surface area contributed by atoms with Crippen LogP contribution in [0.15, 0.2) is 18.2 Å². The standard InChI is InChI=1S/C13H15Cl2N5/c14-10-5-4-9(8-11(10)15)20-12(16)17-13(18-20)19-6-2-1-3-7-19/h4-5,8H,1-3,6-7H2,(H2,16,17,18). The summed E-state index contributed by atoms with van der Waals surface area (Å²) in [7, 11) is 0. The molecule has 2 aromatic rings. The van der Waals surface area contributed by atoms with Crippen LogP contribution in [0, 0.1) is 0 Å². The number of hydrogen-bond acceptors (Lipinski definition) is 4. The average Bonchev–Trinajstić information content (AvgIpc) is 2.85. The third kappa shape index (κ3) is 2.55. The fourth-order valence-corrected chi connectivity index (χ4v) is 2.64. The molecule has 0 unspecified atom stereocenters. The maximum Gasteiger partial charge on any atom is 0.246 e. The van der Waals surface area contributed by atoms with Gasteiger partial charge in [0.1, 0.15) is 0 Å². The molecule has 20 heavy (non-hydrogen) atoms. The van der Waals surface area contributed by atoms with Crippen molar-refractivity contribution in [2.75, 3.05) is 23.7 Å². The lowest BCUT2D eigenvalue weighted by molar-refractivity contribution is 0.568. The minimum absolute atomic E-state index is 0.351. The Kier molecular flexibility index (Phi) is 3.72. The molecular formula is C13H15Cl2N5. The molecule has 0 amide bonds. The van der Waals surface area contributed by atoms with Crippen LogP contribution in [0.3, 0.4) is 0 Å². The zero-order valence-electron chi connectivity index (χ0n) is 10.9. The van der Waals surface area contributed by atoms with Gasteiger partial charge in [-0.1, -0.05) is 23.2 Å². The fraction of sp³-hybridized carbons (Fsp3) is 0.385. The van der Waals surface area contributed by atoms with E-state index in [1.807, 2.05) is 6.07 Å². The van der Waals surface area contributed by atoms with Crippen LogP contribution in [0.5, 0.6) is 0 Å². The summed E-state index contributed by atoms with van der Waals surface area (Å²) in [6.45, 7) is 1.95. The van der Waals surface area contributed by atoms with Gasteiger partial charge in [0.2, 0.25) is 11.9 Å². The maximum atomic E-state index is 6.03. The van der Waals surface area contributed by atoms with E-state index in [-0.39, 0.29) is 0 Å². The van der Waals surface area contributed by atoms with Crippen molar-refractivity contribution in [2.24, 2.45) is 0 Å². The minimum atomic E-state index is 0.351. The quantitative estimate of drug-likeness (QED) is 0.925. The van der Waals surface area contributed by atoms with Crippen molar-refractivity contribution in [1.82, 2.24) is 14.8 Å². The molecule has 1 fully saturated rings. The van der Waals surface area contributed by atoms with Gasteiger partial charge in [-0.2, -0.15) is 9.67 Å². The lowest BCUT2D eigenvalue weighted by atomic mass is 10.1. The van der Waals surface area contributed by atoms with E-state index in [0.29, 0.717) is 21.9 Å². The largest absolute Gasteiger partial charge is 0.368 e. The summed E-state index contributed by atoms with van der Waals surface area (Å²) < 4.78 is 1.59. The van der Waals surface area contributed by atoms with Crippen molar-refractivity contribution in [1.29, 1.82) is 0 Å². The molecule has 0 radical (unpaired) electrons. The predicted octanol–water partition coefficient (Wildman–Crippen LogP) is 3.15. The van der Waals surface area contributed by atoms with Crippen LogP contribution < -0.4 is 10.6 Å². The van der Waals surface area contributed by atoms with Crippen LogP contribution in [0.25, 0.3) is 5.69 Å². The molecule has 0 saturated carbocycles. The summed E-state index contributed by atoms with van der Waals surface area (Å²) in [4.78, 5) is 6.50. The molecule has 2 N–H and O–H groups in total. The van der Waals surface area contributed by atoms with Crippen molar-refractivity contribution in [3.05, 3.63) is 28.2 Å². The van der Waals surface area contributed by atoms with E-state index in [0.717, 1.165) is 18.8 Å². The zero-order valence-corrected chi connectivity index (χ0v) is 12.4. The van der Waals surface area contributed by atoms with E-state index in [4.69, 9.17) is 28.9 Å². The normalized spacial score (nSPS) is 15.6.